The number of likely N-dealkylation sites (N-methyl/N-ethyl adjacent to an activating group) is 2. The highest BCUT2D eigenvalue weighted by molar-refractivity contribution is 14.0. The van der Waals surface area contributed by atoms with Crippen LogP contribution in [-0.2, 0) is 4.79 Å². The van der Waals surface area contributed by atoms with Crippen LogP contribution < -0.4 is 10.6 Å². The van der Waals surface area contributed by atoms with Gasteiger partial charge >= 0.3 is 0 Å². The fourth-order valence-electron chi connectivity index (χ4n) is 3.45. The molecule has 0 aromatic rings. The Labute approximate surface area is 176 Å². The minimum absolute atomic E-state index is 0. The molecule has 2 saturated heterocycles. The van der Waals surface area contributed by atoms with Crippen LogP contribution in [0.4, 0.5) is 0 Å². The van der Waals surface area contributed by atoms with E-state index in [1.165, 1.54) is 0 Å². The third-order valence-corrected chi connectivity index (χ3v) is 5.12. The van der Waals surface area contributed by atoms with Gasteiger partial charge in [-0.2, -0.15) is 0 Å². The number of carbonyl (C=O) groups is 1. The van der Waals surface area contributed by atoms with Crippen molar-refractivity contribution in [3.05, 3.63) is 0 Å². The summed E-state index contributed by atoms with van der Waals surface area (Å²) in [5.41, 5.74) is 0. The minimum Gasteiger partial charge on any atom is -0.357 e. The second-order valence-corrected chi connectivity index (χ2v) is 7.69. The largest absolute Gasteiger partial charge is 0.357 e. The van der Waals surface area contributed by atoms with E-state index < -0.39 is 0 Å². The fraction of sp³-hybridized carbons (Fsp3) is 0.889. The highest BCUT2D eigenvalue weighted by atomic mass is 127. The molecule has 0 spiro atoms. The Morgan fingerprint density at radius 3 is 2.58 bits per heavy atom. The van der Waals surface area contributed by atoms with Crippen LogP contribution in [0.25, 0.3) is 0 Å². The molecule has 0 saturated carbocycles. The molecular formula is C18H37IN6O. The number of rotatable bonds is 5. The summed E-state index contributed by atoms with van der Waals surface area (Å²) in [6.07, 6.45) is 0.981. The lowest BCUT2D eigenvalue weighted by molar-refractivity contribution is -0.133. The molecule has 8 heteroatoms. The summed E-state index contributed by atoms with van der Waals surface area (Å²) in [6, 6.07) is 0.740. The van der Waals surface area contributed by atoms with Gasteiger partial charge in [0.2, 0.25) is 5.91 Å². The Balaban J connectivity index is 0.00000338. The summed E-state index contributed by atoms with van der Waals surface area (Å²) in [4.78, 5) is 23.7. The standard InChI is InChI=1S/C18H36N6O.HI/c1-6-19-18(20-11-16-13-22(4)9-10-23(16)5)21-15-7-8-24(12-15)17(25)14(2)3;/h14-16H,6-13H2,1-5H3,(H2,19,20,21);1H. The predicted octanol–water partition coefficient (Wildman–Crippen LogP) is 0.662. The summed E-state index contributed by atoms with van der Waals surface area (Å²) >= 11 is 0. The number of carbonyl (C=O) groups excluding carboxylic acids is 1. The van der Waals surface area contributed by atoms with Gasteiger partial charge in [-0.05, 0) is 27.4 Å². The van der Waals surface area contributed by atoms with E-state index in [1.54, 1.807) is 0 Å². The number of nitrogens with zero attached hydrogens (tertiary/aromatic N) is 4. The van der Waals surface area contributed by atoms with Gasteiger partial charge in [-0.1, -0.05) is 13.8 Å². The molecule has 26 heavy (non-hydrogen) atoms. The Kier molecular flexibility index (Phi) is 10.2. The first-order valence-corrected chi connectivity index (χ1v) is 9.63. The average molecular weight is 480 g/mol. The van der Waals surface area contributed by atoms with Crippen LogP contribution in [0.3, 0.4) is 0 Å². The van der Waals surface area contributed by atoms with E-state index in [4.69, 9.17) is 4.99 Å². The number of likely N-dealkylation sites (tertiary alicyclic amines) is 1. The van der Waals surface area contributed by atoms with E-state index in [-0.39, 0.29) is 41.8 Å². The molecule has 0 bridgehead atoms. The van der Waals surface area contributed by atoms with Gasteiger partial charge in [0, 0.05) is 57.3 Å². The van der Waals surface area contributed by atoms with Crippen molar-refractivity contribution >= 4 is 35.8 Å². The Morgan fingerprint density at radius 1 is 1.19 bits per heavy atom. The maximum atomic E-state index is 12.1. The number of hydrogen-bond donors (Lipinski definition) is 2. The second-order valence-electron chi connectivity index (χ2n) is 7.69. The second kappa shape index (κ2) is 11.3. The lowest BCUT2D eigenvalue weighted by Crippen LogP contribution is -2.52. The molecule has 152 valence electrons. The van der Waals surface area contributed by atoms with Crippen LogP contribution in [0.15, 0.2) is 4.99 Å². The molecule has 2 heterocycles. The molecule has 2 N–H and O–H groups in total. The zero-order valence-electron chi connectivity index (χ0n) is 17.0. The van der Waals surface area contributed by atoms with Gasteiger partial charge < -0.3 is 20.4 Å². The van der Waals surface area contributed by atoms with Gasteiger partial charge in [0.15, 0.2) is 5.96 Å². The first-order chi connectivity index (χ1) is 11.9. The zero-order valence-corrected chi connectivity index (χ0v) is 19.3. The number of piperazine rings is 1. The predicted molar refractivity (Wildman–Crippen MR) is 118 cm³/mol. The Bertz CT molecular complexity index is 473. The molecule has 0 aliphatic carbocycles. The topological polar surface area (TPSA) is 63.2 Å². The van der Waals surface area contributed by atoms with Crippen LogP contribution in [0, 0.1) is 5.92 Å². The minimum atomic E-state index is 0. The van der Waals surface area contributed by atoms with E-state index in [0.29, 0.717) is 6.04 Å². The van der Waals surface area contributed by atoms with Crippen molar-refractivity contribution in [2.24, 2.45) is 10.9 Å². The van der Waals surface area contributed by atoms with Gasteiger partial charge in [0.1, 0.15) is 0 Å². The molecule has 2 atom stereocenters. The molecular weight excluding hydrogens is 443 g/mol. The van der Waals surface area contributed by atoms with E-state index in [2.05, 4.69) is 41.5 Å². The number of halogens is 1. The number of guanidine groups is 1. The molecule has 2 aliphatic rings. The summed E-state index contributed by atoms with van der Waals surface area (Å²) < 4.78 is 0. The van der Waals surface area contributed by atoms with Crippen molar-refractivity contribution in [3.63, 3.8) is 0 Å². The van der Waals surface area contributed by atoms with Gasteiger partial charge in [-0.15, -0.1) is 24.0 Å². The smallest absolute Gasteiger partial charge is 0.225 e. The molecule has 7 nitrogen and oxygen atoms in total. The molecule has 2 rings (SSSR count). The van der Waals surface area contributed by atoms with Gasteiger partial charge in [-0.25, -0.2) is 0 Å². The van der Waals surface area contributed by atoms with Gasteiger partial charge in [-0.3, -0.25) is 14.7 Å². The van der Waals surface area contributed by atoms with Crippen LogP contribution in [-0.4, -0.2) is 98.6 Å². The maximum Gasteiger partial charge on any atom is 0.225 e. The van der Waals surface area contributed by atoms with E-state index >= 15 is 0 Å². The summed E-state index contributed by atoms with van der Waals surface area (Å²) in [6.45, 7) is 12.5. The highest BCUT2D eigenvalue weighted by Crippen LogP contribution is 2.13. The molecule has 2 unspecified atom stereocenters. The third-order valence-electron chi connectivity index (χ3n) is 5.12. The number of nitrogens with one attached hydrogen (secondary N) is 2. The molecule has 0 aromatic carbocycles. The van der Waals surface area contributed by atoms with Crippen molar-refractivity contribution in [3.8, 4) is 0 Å². The van der Waals surface area contributed by atoms with E-state index in [9.17, 15) is 4.79 Å². The monoisotopic (exact) mass is 480 g/mol. The van der Waals surface area contributed by atoms with Crippen molar-refractivity contribution in [2.75, 3.05) is 59.9 Å². The highest BCUT2D eigenvalue weighted by Gasteiger charge is 2.28. The summed E-state index contributed by atoms with van der Waals surface area (Å²) in [5.74, 6) is 1.19. The Morgan fingerprint density at radius 2 is 1.92 bits per heavy atom. The Hall–Kier alpha value is -0.610. The number of amides is 1. The molecule has 0 radical (unpaired) electrons. The third kappa shape index (κ3) is 6.84. The van der Waals surface area contributed by atoms with Crippen molar-refractivity contribution in [1.29, 1.82) is 0 Å². The van der Waals surface area contributed by atoms with E-state index in [0.717, 1.165) is 58.2 Å². The first kappa shape index (κ1) is 23.4. The molecule has 2 aliphatic heterocycles. The summed E-state index contributed by atoms with van der Waals surface area (Å²) in [5, 5.41) is 6.86. The van der Waals surface area contributed by atoms with Crippen molar-refractivity contribution in [1.82, 2.24) is 25.3 Å². The summed E-state index contributed by atoms with van der Waals surface area (Å²) in [7, 11) is 4.35. The van der Waals surface area contributed by atoms with Crippen LogP contribution in [0.5, 0.6) is 0 Å². The van der Waals surface area contributed by atoms with E-state index in [1.807, 2.05) is 18.7 Å². The lowest BCUT2D eigenvalue weighted by atomic mass is 10.2. The normalized spacial score (nSPS) is 25.3. The maximum absolute atomic E-state index is 12.1. The fourth-order valence-corrected chi connectivity index (χ4v) is 3.45. The van der Waals surface area contributed by atoms with Crippen molar-refractivity contribution < 1.29 is 4.79 Å². The zero-order chi connectivity index (χ0) is 18.4. The van der Waals surface area contributed by atoms with Crippen molar-refractivity contribution in [2.45, 2.75) is 39.3 Å². The average Bonchev–Trinajstić information content (AvgIpc) is 3.03. The molecule has 0 aromatic heterocycles. The SMILES string of the molecule is CCNC(=NCC1CN(C)CCN1C)NC1CCN(C(=O)C(C)C)C1.I. The molecule has 1 amide bonds. The lowest BCUT2D eigenvalue weighted by Gasteiger charge is -2.37. The van der Waals surface area contributed by atoms with Gasteiger partial charge in [0.25, 0.3) is 0 Å². The van der Waals surface area contributed by atoms with Crippen LogP contribution >= 0.6 is 24.0 Å². The first-order valence-electron chi connectivity index (χ1n) is 9.63. The van der Waals surface area contributed by atoms with Crippen LogP contribution in [0.1, 0.15) is 27.2 Å². The quantitative estimate of drug-likeness (QED) is 0.344. The van der Waals surface area contributed by atoms with Crippen LogP contribution in [0.2, 0.25) is 0 Å². The molecule has 2 fully saturated rings. The number of hydrogen-bond acceptors (Lipinski definition) is 4. The van der Waals surface area contributed by atoms with Gasteiger partial charge in [0.05, 0.1) is 6.54 Å². The number of aliphatic imine (C=N–C) groups is 1.